The van der Waals surface area contributed by atoms with Gasteiger partial charge >= 0.3 is 0 Å². The first-order valence-corrected chi connectivity index (χ1v) is 7.00. The van der Waals surface area contributed by atoms with Gasteiger partial charge in [-0.2, -0.15) is 0 Å². The van der Waals surface area contributed by atoms with Crippen LogP contribution in [0.5, 0.6) is 5.75 Å². The highest BCUT2D eigenvalue weighted by Gasteiger charge is 2.18. The Bertz CT molecular complexity index is 636. The predicted octanol–water partition coefficient (Wildman–Crippen LogP) is 3.34. The Hall–Kier alpha value is -2.49. The highest BCUT2D eigenvalue weighted by molar-refractivity contribution is 6.07. The molecule has 2 aromatic carbocycles. The second-order valence-electron chi connectivity index (χ2n) is 5.05. The van der Waals surface area contributed by atoms with Crippen molar-refractivity contribution in [1.29, 1.82) is 0 Å². The number of amides is 1. The van der Waals surface area contributed by atoms with Gasteiger partial charge in [-0.3, -0.25) is 4.79 Å². The van der Waals surface area contributed by atoms with Crippen molar-refractivity contribution in [2.24, 2.45) is 0 Å². The van der Waals surface area contributed by atoms with Crippen LogP contribution >= 0.6 is 0 Å². The molecule has 0 aliphatic heterocycles. The molecule has 0 saturated heterocycles. The quantitative estimate of drug-likeness (QED) is 0.846. The maximum Gasteiger partial charge on any atom is 0.258 e. The van der Waals surface area contributed by atoms with Crippen molar-refractivity contribution in [3.8, 4) is 5.75 Å². The van der Waals surface area contributed by atoms with Crippen LogP contribution in [-0.4, -0.2) is 17.6 Å². The number of anilines is 2. The Balaban J connectivity index is 2.37. The van der Waals surface area contributed by atoms with Gasteiger partial charge in [-0.15, -0.1) is 0 Å². The average Bonchev–Trinajstić information content (AvgIpc) is 2.45. The van der Waals surface area contributed by atoms with E-state index in [-0.39, 0.29) is 11.7 Å². The van der Waals surface area contributed by atoms with Crippen LogP contribution in [0.15, 0.2) is 42.5 Å². The van der Waals surface area contributed by atoms with Crippen LogP contribution in [0.2, 0.25) is 0 Å². The van der Waals surface area contributed by atoms with Gasteiger partial charge in [0.05, 0.1) is 0 Å². The third kappa shape index (κ3) is 3.34. The summed E-state index contributed by atoms with van der Waals surface area (Å²) in [5.41, 5.74) is 8.55. The molecule has 21 heavy (non-hydrogen) atoms. The average molecular weight is 284 g/mol. The molecule has 4 nitrogen and oxygen atoms in total. The number of hydrogen-bond acceptors (Lipinski definition) is 3. The Labute approximate surface area is 124 Å². The molecule has 0 bridgehead atoms. The van der Waals surface area contributed by atoms with E-state index in [4.69, 9.17) is 5.73 Å². The molecule has 110 valence electrons. The molecule has 0 heterocycles. The summed E-state index contributed by atoms with van der Waals surface area (Å²) in [5.74, 6) is 0.0951. The summed E-state index contributed by atoms with van der Waals surface area (Å²) in [5, 5.41) is 9.47. The Morgan fingerprint density at radius 1 is 1.19 bits per heavy atom. The van der Waals surface area contributed by atoms with Crippen LogP contribution in [0.3, 0.4) is 0 Å². The summed E-state index contributed by atoms with van der Waals surface area (Å²) >= 11 is 0. The van der Waals surface area contributed by atoms with Crippen LogP contribution < -0.4 is 10.6 Å². The fraction of sp³-hybridized carbons (Fsp3) is 0.235. The fourth-order valence-electron chi connectivity index (χ4n) is 2.26. The fourth-order valence-corrected chi connectivity index (χ4v) is 2.26. The Morgan fingerprint density at radius 3 is 2.43 bits per heavy atom. The zero-order valence-electron chi connectivity index (χ0n) is 12.3. The number of hydrogen-bond donors (Lipinski definition) is 2. The van der Waals surface area contributed by atoms with E-state index < -0.39 is 0 Å². The van der Waals surface area contributed by atoms with E-state index in [0.29, 0.717) is 17.8 Å². The van der Waals surface area contributed by atoms with Crippen molar-refractivity contribution >= 4 is 17.3 Å². The first-order chi connectivity index (χ1) is 10.0. The van der Waals surface area contributed by atoms with Crippen LogP contribution in [0.1, 0.15) is 29.3 Å². The van der Waals surface area contributed by atoms with Gasteiger partial charge in [0.15, 0.2) is 0 Å². The van der Waals surface area contributed by atoms with Crippen LogP contribution in [0.25, 0.3) is 0 Å². The molecule has 2 aromatic rings. The molecule has 0 atom stereocenters. The molecule has 2 rings (SSSR count). The minimum absolute atomic E-state index is 0.0703. The van der Waals surface area contributed by atoms with Gasteiger partial charge < -0.3 is 15.7 Å². The first kappa shape index (κ1) is 14.9. The molecule has 4 heteroatoms. The summed E-state index contributed by atoms with van der Waals surface area (Å²) < 4.78 is 0. The number of nitrogens with two attached hydrogens (primary N) is 1. The summed E-state index contributed by atoms with van der Waals surface area (Å²) in [6, 6.07) is 12.1. The number of nitrogen functional groups attached to an aromatic ring is 1. The smallest absolute Gasteiger partial charge is 0.258 e. The van der Waals surface area contributed by atoms with Crippen molar-refractivity contribution < 1.29 is 9.90 Å². The number of phenols is 1. The van der Waals surface area contributed by atoms with Gasteiger partial charge in [-0.1, -0.05) is 6.92 Å². The molecular weight excluding hydrogens is 264 g/mol. The lowest BCUT2D eigenvalue weighted by Gasteiger charge is -2.23. The molecular formula is C17H20N2O2. The molecule has 0 fully saturated rings. The molecule has 0 saturated carbocycles. The number of nitrogens with zero attached hydrogens (tertiary/aromatic N) is 1. The van der Waals surface area contributed by atoms with Crippen molar-refractivity contribution in [1.82, 2.24) is 0 Å². The molecule has 0 aliphatic rings. The minimum Gasteiger partial charge on any atom is -0.508 e. The van der Waals surface area contributed by atoms with Gasteiger partial charge in [0.2, 0.25) is 0 Å². The van der Waals surface area contributed by atoms with Crippen LogP contribution in [0, 0.1) is 6.92 Å². The molecule has 0 spiro atoms. The number of rotatable bonds is 4. The molecule has 0 radical (unpaired) electrons. The third-order valence-corrected chi connectivity index (χ3v) is 3.34. The maximum absolute atomic E-state index is 12.8. The number of carbonyl (C=O) groups excluding carboxylic acids is 1. The van der Waals surface area contributed by atoms with E-state index in [9.17, 15) is 9.90 Å². The van der Waals surface area contributed by atoms with Gasteiger partial charge in [-0.25, -0.2) is 0 Å². The lowest BCUT2D eigenvalue weighted by Crippen LogP contribution is -2.32. The van der Waals surface area contributed by atoms with E-state index >= 15 is 0 Å². The van der Waals surface area contributed by atoms with Crippen molar-refractivity contribution in [3.63, 3.8) is 0 Å². The standard InChI is InChI=1S/C17H20N2O2/c1-3-10-19(14-6-4-13(18)5-7-14)17(21)16-9-8-15(20)11-12(16)2/h4-9,11,20H,3,10,18H2,1-2H3. The van der Waals surface area contributed by atoms with Gasteiger partial charge in [0, 0.05) is 23.5 Å². The molecule has 1 amide bonds. The first-order valence-electron chi connectivity index (χ1n) is 7.00. The number of phenolic OH excluding ortho intramolecular Hbond substituents is 1. The summed E-state index contributed by atoms with van der Waals surface area (Å²) in [6.45, 7) is 4.48. The summed E-state index contributed by atoms with van der Waals surface area (Å²) in [7, 11) is 0. The normalized spacial score (nSPS) is 10.4. The van der Waals surface area contributed by atoms with Crippen LogP contribution in [0.4, 0.5) is 11.4 Å². The highest BCUT2D eigenvalue weighted by atomic mass is 16.3. The second-order valence-corrected chi connectivity index (χ2v) is 5.05. The topological polar surface area (TPSA) is 66.6 Å². The van der Waals surface area contributed by atoms with E-state index in [0.717, 1.165) is 17.7 Å². The highest BCUT2D eigenvalue weighted by Crippen LogP contribution is 2.22. The van der Waals surface area contributed by atoms with Crippen molar-refractivity contribution in [3.05, 3.63) is 53.6 Å². The van der Waals surface area contributed by atoms with Gasteiger partial charge in [-0.05, 0) is 61.4 Å². The van der Waals surface area contributed by atoms with Crippen LogP contribution in [-0.2, 0) is 0 Å². The van der Waals surface area contributed by atoms with E-state index in [1.165, 1.54) is 6.07 Å². The van der Waals surface area contributed by atoms with Gasteiger partial charge in [0.25, 0.3) is 5.91 Å². The second kappa shape index (κ2) is 6.31. The summed E-state index contributed by atoms with van der Waals surface area (Å²) in [4.78, 5) is 14.5. The predicted molar refractivity (Wildman–Crippen MR) is 85.7 cm³/mol. The van der Waals surface area contributed by atoms with E-state index in [2.05, 4.69) is 0 Å². The van der Waals surface area contributed by atoms with Crippen molar-refractivity contribution in [2.75, 3.05) is 17.2 Å². The third-order valence-electron chi connectivity index (χ3n) is 3.34. The molecule has 0 unspecified atom stereocenters. The minimum atomic E-state index is -0.0703. The maximum atomic E-state index is 12.8. The molecule has 0 aliphatic carbocycles. The number of carbonyl (C=O) groups is 1. The van der Waals surface area contributed by atoms with E-state index in [1.54, 1.807) is 29.2 Å². The summed E-state index contributed by atoms with van der Waals surface area (Å²) in [6.07, 6.45) is 0.854. The number of aryl methyl sites for hydroxylation is 1. The monoisotopic (exact) mass is 284 g/mol. The van der Waals surface area contributed by atoms with Crippen molar-refractivity contribution in [2.45, 2.75) is 20.3 Å². The lowest BCUT2D eigenvalue weighted by atomic mass is 10.1. The zero-order valence-corrected chi connectivity index (χ0v) is 12.3. The molecule has 3 N–H and O–H groups in total. The largest absolute Gasteiger partial charge is 0.508 e. The zero-order chi connectivity index (χ0) is 15.4. The number of benzene rings is 2. The Morgan fingerprint density at radius 2 is 1.86 bits per heavy atom. The molecule has 0 aromatic heterocycles. The number of aromatic hydroxyl groups is 1. The Kier molecular flexibility index (Phi) is 4.48. The van der Waals surface area contributed by atoms with E-state index in [1.807, 2.05) is 26.0 Å². The van der Waals surface area contributed by atoms with Gasteiger partial charge in [0.1, 0.15) is 5.75 Å². The lowest BCUT2D eigenvalue weighted by molar-refractivity contribution is 0.0986. The SMILES string of the molecule is CCCN(C(=O)c1ccc(O)cc1C)c1ccc(N)cc1.